The Labute approximate surface area is 192 Å². The molecule has 2 aromatic carbocycles. The number of nitrogens with zero attached hydrogens (tertiary/aromatic N) is 4. The summed E-state index contributed by atoms with van der Waals surface area (Å²) < 4.78 is 5.16. The molecular weight excluding hydrogens is 424 g/mol. The molecule has 1 aliphatic heterocycles. The summed E-state index contributed by atoms with van der Waals surface area (Å²) >= 11 is 0. The van der Waals surface area contributed by atoms with Crippen molar-refractivity contribution >= 4 is 28.9 Å². The highest BCUT2D eigenvalue weighted by Crippen LogP contribution is 2.32. The Bertz CT molecular complexity index is 1040. The lowest BCUT2D eigenvalue weighted by molar-refractivity contribution is -0.384. The summed E-state index contributed by atoms with van der Waals surface area (Å²) in [5.74, 6) is -0.729. The molecule has 3 rings (SSSR count). The van der Waals surface area contributed by atoms with Crippen molar-refractivity contribution in [1.29, 1.82) is 5.26 Å². The predicted molar refractivity (Wildman–Crippen MR) is 123 cm³/mol. The number of rotatable bonds is 8. The number of carbonyl (C=O) groups is 2. The van der Waals surface area contributed by atoms with Gasteiger partial charge in [-0.25, -0.2) is 4.79 Å². The number of hydrogen-bond acceptors (Lipinski definition) is 7. The van der Waals surface area contributed by atoms with Crippen LogP contribution in [0.3, 0.4) is 0 Å². The van der Waals surface area contributed by atoms with Crippen LogP contribution in [0.5, 0.6) is 0 Å². The van der Waals surface area contributed by atoms with Gasteiger partial charge in [0.1, 0.15) is 5.69 Å². The molecule has 172 valence electrons. The molecule has 0 radical (unpaired) electrons. The zero-order valence-electron chi connectivity index (χ0n) is 18.5. The zero-order chi connectivity index (χ0) is 23.8. The van der Waals surface area contributed by atoms with Crippen LogP contribution in [0.25, 0.3) is 0 Å². The summed E-state index contributed by atoms with van der Waals surface area (Å²) in [4.78, 5) is 39.7. The number of ether oxygens (including phenoxy) is 1. The van der Waals surface area contributed by atoms with E-state index in [-0.39, 0.29) is 24.2 Å². The van der Waals surface area contributed by atoms with E-state index in [4.69, 9.17) is 10.00 Å². The lowest BCUT2D eigenvalue weighted by Gasteiger charge is -2.31. The zero-order valence-corrected chi connectivity index (χ0v) is 18.5. The van der Waals surface area contributed by atoms with E-state index >= 15 is 0 Å². The Hall–Kier alpha value is -3.93. The van der Waals surface area contributed by atoms with Crippen molar-refractivity contribution in [3.05, 3.63) is 64.2 Å². The van der Waals surface area contributed by atoms with E-state index in [9.17, 15) is 19.7 Å². The molecular formula is C24H26N4O5. The SMILES string of the molecule is CC1CCN(c2ccc(C(=O)OCC(=O)N(CCC#N)c3ccccc3)cc2[N+](=O)[O-])CC1. The molecule has 1 fully saturated rings. The van der Waals surface area contributed by atoms with Crippen LogP contribution in [0.2, 0.25) is 0 Å². The van der Waals surface area contributed by atoms with Gasteiger partial charge in [0.2, 0.25) is 0 Å². The average Bonchev–Trinajstić information content (AvgIpc) is 2.83. The maximum Gasteiger partial charge on any atom is 0.338 e. The fourth-order valence-electron chi connectivity index (χ4n) is 3.77. The topological polar surface area (TPSA) is 117 Å². The molecule has 9 nitrogen and oxygen atoms in total. The molecule has 0 aromatic heterocycles. The number of carbonyl (C=O) groups excluding carboxylic acids is 2. The van der Waals surface area contributed by atoms with Gasteiger partial charge in [-0.15, -0.1) is 0 Å². The van der Waals surface area contributed by atoms with Gasteiger partial charge in [-0.05, 0) is 43.0 Å². The van der Waals surface area contributed by atoms with E-state index in [2.05, 4.69) is 6.92 Å². The Morgan fingerprint density at radius 2 is 1.91 bits per heavy atom. The van der Waals surface area contributed by atoms with Crippen molar-refractivity contribution in [1.82, 2.24) is 0 Å². The second-order valence-electron chi connectivity index (χ2n) is 8.00. The van der Waals surface area contributed by atoms with Crippen LogP contribution in [-0.4, -0.2) is 43.0 Å². The third-order valence-corrected chi connectivity index (χ3v) is 5.68. The minimum absolute atomic E-state index is 0.00640. The molecule has 1 heterocycles. The summed E-state index contributed by atoms with van der Waals surface area (Å²) in [5, 5.41) is 20.5. The lowest BCUT2D eigenvalue weighted by atomic mass is 9.98. The molecule has 2 aromatic rings. The van der Waals surface area contributed by atoms with Crippen LogP contribution < -0.4 is 9.80 Å². The lowest BCUT2D eigenvalue weighted by Crippen LogP contribution is -2.35. The number of nitro groups is 1. The van der Waals surface area contributed by atoms with Gasteiger partial charge < -0.3 is 14.5 Å². The monoisotopic (exact) mass is 450 g/mol. The van der Waals surface area contributed by atoms with Crippen LogP contribution in [0.1, 0.15) is 36.5 Å². The summed E-state index contributed by atoms with van der Waals surface area (Å²) in [6, 6.07) is 15.0. The molecule has 1 saturated heterocycles. The molecule has 0 bridgehead atoms. The first-order valence-corrected chi connectivity index (χ1v) is 10.8. The van der Waals surface area contributed by atoms with Gasteiger partial charge in [0.05, 0.1) is 23.0 Å². The van der Waals surface area contributed by atoms with Crippen molar-refractivity contribution in [2.24, 2.45) is 5.92 Å². The summed E-state index contributed by atoms with van der Waals surface area (Å²) in [6.07, 6.45) is 2.02. The fourth-order valence-corrected chi connectivity index (χ4v) is 3.77. The molecule has 33 heavy (non-hydrogen) atoms. The first-order chi connectivity index (χ1) is 15.9. The van der Waals surface area contributed by atoms with E-state index in [0.717, 1.165) is 25.9 Å². The molecule has 0 atom stereocenters. The molecule has 0 saturated carbocycles. The van der Waals surface area contributed by atoms with Crippen LogP contribution in [0.15, 0.2) is 48.5 Å². The Morgan fingerprint density at radius 3 is 2.55 bits per heavy atom. The van der Waals surface area contributed by atoms with Crippen LogP contribution in [-0.2, 0) is 9.53 Å². The van der Waals surface area contributed by atoms with E-state index < -0.39 is 23.4 Å². The molecule has 0 aliphatic carbocycles. The van der Waals surface area contributed by atoms with E-state index in [1.807, 2.05) is 11.0 Å². The molecule has 0 unspecified atom stereocenters. The molecule has 9 heteroatoms. The highest BCUT2D eigenvalue weighted by Gasteiger charge is 2.25. The van der Waals surface area contributed by atoms with Gasteiger partial charge >= 0.3 is 5.97 Å². The van der Waals surface area contributed by atoms with Crippen molar-refractivity contribution in [2.75, 3.05) is 36.0 Å². The highest BCUT2D eigenvalue weighted by atomic mass is 16.6. The van der Waals surface area contributed by atoms with Crippen LogP contribution in [0.4, 0.5) is 17.1 Å². The summed E-state index contributed by atoms with van der Waals surface area (Å²) in [7, 11) is 0. The van der Waals surface area contributed by atoms with Crippen molar-refractivity contribution in [3.63, 3.8) is 0 Å². The number of para-hydroxylation sites is 1. The number of amides is 1. The van der Waals surface area contributed by atoms with Gasteiger partial charge in [0, 0.05) is 31.4 Å². The Morgan fingerprint density at radius 1 is 1.21 bits per heavy atom. The van der Waals surface area contributed by atoms with Gasteiger partial charge in [0.25, 0.3) is 11.6 Å². The number of anilines is 2. The van der Waals surface area contributed by atoms with Gasteiger partial charge in [-0.2, -0.15) is 5.26 Å². The van der Waals surface area contributed by atoms with E-state index in [1.165, 1.54) is 17.0 Å². The van der Waals surface area contributed by atoms with Crippen molar-refractivity contribution in [2.45, 2.75) is 26.2 Å². The minimum Gasteiger partial charge on any atom is -0.452 e. The third-order valence-electron chi connectivity index (χ3n) is 5.68. The minimum atomic E-state index is -0.821. The van der Waals surface area contributed by atoms with Crippen LogP contribution in [0, 0.1) is 27.4 Å². The first kappa shape index (κ1) is 23.7. The number of hydrogen-bond donors (Lipinski definition) is 0. The maximum absolute atomic E-state index is 12.7. The third kappa shape index (κ3) is 6.07. The molecule has 0 spiro atoms. The fraction of sp³-hybridized carbons (Fsp3) is 0.375. The van der Waals surface area contributed by atoms with Gasteiger partial charge in [0.15, 0.2) is 6.61 Å². The summed E-state index contributed by atoms with van der Waals surface area (Å²) in [5.41, 5.74) is 0.910. The Balaban J connectivity index is 1.70. The second-order valence-corrected chi connectivity index (χ2v) is 8.00. The average molecular weight is 450 g/mol. The second kappa shape index (κ2) is 11.1. The maximum atomic E-state index is 12.7. The smallest absolute Gasteiger partial charge is 0.338 e. The number of nitro benzene ring substituents is 1. The van der Waals surface area contributed by atoms with E-state index in [1.54, 1.807) is 36.4 Å². The quantitative estimate of drug-likeness (QED) is 0.340. The number of nitriles is 1. The largest absolute Gasteiger partial charge is 0.452 e. The summed E-state index contributed by atoms with van der Waals surface area (Å²) in [6.45, 7) is 3.21. The van der Waals surface area contributed by atoms with Crippen molar-refractivity contribution < 1.29 is 19.2 Å². The normalized spacial score (nSPS) is 13.8. The molecule has 0 N–H and O–H groups in total. The van der Waals surface area contributed by atoms with Gasteiger partial charge in [-0.1, -0.05) is 25.1 Å². The van der Waals surface area contributed by atoms with Gasteiger partial charge in [-0.3, -0.25) is 14.9 Å². The predicted octanol–water partition coefficient (Wildman–Crippen LogP) is 3.93. The standard InChI is InChI=1S/C24H26N4O5/c1-18-10-14-26(15-11-18)21-9-8-19(16-22(21)28(31)32)24(30)33-17-23(29)27(13-5-12-25)20-6-3-2-4-7-20/h2-4,6-9,16,18H,5,10-11,13-15,17H2,1H3. The van der Waals surface area contributed by atoms with E-state index in [0.29, 0.717) is 17.3 Å². The van der Waals surface area contributed by atoms with Crippen LogP contribution >= 0.6 is 0 Å². The first-order valence-electron chi connectivity index (χ1n) is 10.8. The highest BCUT2D eigenvalue weighted by molar-refractivity contribution is 5.97. The molecule has 1 amide bonds. The number of piperidine rings is 1. The van der Waals surface area contributed by atoms with Crippen molar-refractivity contribution in [3.8, 4) is 6.07 Å². The number of esters is 1. The molecule has 1 aliphatic rings. The number of benzene rings is 2. The Kier molecular flexibility index (Phi) is 7.97.